The predicted molar refractivity (Wildman–Crippen MR) is 124 cm³/mol. The molecule has 0 aromatic carbocycles. The number of piperidine rings is 1. The van der Waals surface area contributed by atoms with Gasteiger partial charge in [0.05, 0.1) is 23.7 Å². The van der Waals surface area contributed by atoms with Gasteiger partial charge in [-0.15, -0.1) is 12.4 Å². The molecule has 1 aliphatic heterocycles. The third-order valence-corrected chi connectivity index (χ3v) is 9.00. The van der Waals surface area contributed by atoms with Crippen molar-refractivity contribution in [2.75, 3.05) is 18.4 Å². The molecule has 4 aliphatic rings. The van der Waals surface area contributed by atoms with Crippen LogP contribution in [0, 0.1) is 40.9 Å². The molecule has 5 rings (SSSR count). The highest BCUT2D eigenvalue weighted by Gasteiger charge is 2.75. The highest BCUT2D eigenvalue weighted by Crippen LogP contribution is 2.78. The van der Waals surface area contributed by atoms with Gasteiger partial charge in [0, 0.05) is 0 Å². The first kappa shape index (κ1) is 23.0. The molecule has 1 saturated heterocycles. The van der Waals surface area contributed by atoms with Gasteiger partial charge in [0.25, 0.3) is 0 Å². The minimum absolute atomic E-state index is 0. The molecule has 3 unspecified atom stereocenters. The number of anilines is 1. The Bertz CT molecular complexity index is 832. The lowest BCUT2D eigenvalue weighted by Gasteiger charge is -2.26. The monoisotopic (exact) mass is 511 g/mol. The summed E-state index contributed by atoms with van der Waals surface area (Å²) in [6.45, 7) is 2.26. The van der Waals surface area contributed by atoms with E-state index in [4.69, 9.17) is 0 Å². The molecule has 3 saturated carbocycles. The second-order valence-electron chi connectivity index (χ2n) is 9.84. The summed E-state index contributed by atoms with van der Waals surface area (Å²) in [5.41, 5.74) is 0.729. The van der Waals surface area contributed by atoms with Gasteiger partial charge in [-0.2, -0.15) is 0 Å². The first-order chi connectivity index (χ1) is 14.5. The van der Waals surface area contributed by atoms with Gasteiger partial charge < -0.3 is 15.7 Å². The van der Waals surface area contributed by atoms with Gasteiger partial charge in [0.1, 0.15) is 4.60 Å². The van der Waals surface area contributed by atoms with Crippen molar-refractivity contribution in [2.24, 2.45) is 40.9 Å². The summed E-state index contributed by atoms with van der Waals surface area (Å²) in [7, 11) is 0. The van der Waals surface area contributed by atoms with E-state index in [9.17, 15) is 14.7 Å². The summed E-state index contributed by atoms with van der Waals surface area (Å²) < 4.78 is 0.705. The first-order valence-electron chi connectivity index (χ1n) is 11.4. The standard InChI is InChI=1S/C23H30BrN3O3.ClH/c24-18-8-5-15(12-26-18)27-21(28)19-16-6-7-17(20(19)22(29)30)23(16)10-14(23)4-3-13-2-1-9-25-11-13;/h5,8,12-14,16-17,19-20,25H,1-4,6-7,9-11H2,(H,27,28)(H,29,30);1H/t13?,14?,16-,17+,19+,20+,23?;/m0./s1. The second-order valence-corrected chi connectivity index (χ2v) is 10.7. The van der Waals surface area contributed by atoms with E-state index in [-0.39, 0.29) is 35.6 Å². The molecule has 8 heteroatoms. The van der Waals surface area contributed by atoms with Gasteiger partial charge in [-0.3, -0.25) is 9.59 Å². The second kappa shape index (κ2) is 8.99. The Kier molecular flexibility index (Phi) is 6.67. The van der Waals surface area contributed by atoms with Crippen LogP contribution in [0.3, 0.4) is 0 Å². The number of hydrogen-bond donors (Lipinski definition) is 3. The number of rotatable bonds is 6. The average molecular weight is 513 g/mol. The van der Waals surface area contributed by atoms with Crippen LogP contribution in [-0.2, 0) is 9.59 Å². The molecule has 3 N–H and O–H groups in total. The zero-order valence-corrected chi connectivity index (χ0v) is 20.0. The number of pyridine rings is 1. The minimum Gasteiger partial charge on any atom is -0.481 e. The number of halogens is 2. The third-order valence-electron chi connectivity index (χ3n) is 8.53. The van der Waals surface area contributed by atoms with Crippen LogP contribution < -0.4 is 10.6 Å². The number of carboxylic acid groups (broad SMARTS) is 1. The summed E-state index contributed by atoms with van der Waals surface area (Å²) in [5, 5.41) is 16.5. The van der Waals surface area contributed by atoms with Crippen molar-refractivity contribution in [1.29, 1.82) is 0 Å². The molecule has 1 spiro atoms. The lowest BCUT2D eigenvalue weighted by molar-refractivity contribution is -0.148. The van der Waals surface area contributed by atoms with E-state index in [1.807, 2.05) is 0 Å². The number of carbonyl (C=O) groups excluding carboxylic acids is 1. The number of amides is 1. The fourth-order valence-corrected chi connectivity index (χ4v) is 7.54. The van der Waals surface area contributed by atoms with E-state index in [0.29, 0.717) is 16.2 Å². The van der Waals surface area contributed by atoms with E-state index in [0.717, 1.165) is 38.3 Å². The van der Waals surface area contributed by atoms with Gasteiger partial charge in [-0.05, 0) is 115 Å². The van der Waals surface area contributed by atoms with Crippen molar-refractivity contribution in [2.45, 2.75) is 44.9 Å². The molecule has 31 heavy (non-hydrogen) atoms. The van der Waals surface area contributed by atoms with Crippen LogP contribution >= 0.6 is 28.3 Å². The lowest BCUT2D eigenvalue weighted by atomic mass is 9.78. The van der Waals surface area contributed by atoms with Gasteiger partial charge >= 0.3 is 5.97 Å². The van der Waals surface area contributed by atoms with E-state index in [1.165, 1.54) is 25.7 Å². The van der Waals surface area contributed by atoms with Crippen molar-refractivity contribution in [1.82, 2.24) is 10.3 Å². The zero-order chi connectivity index (χ0) is 20.9. The number of aromatic nitrogens is 1. The summed E-state index contributed by atoms with van der Waals surface area (Å²) in [6.07, 6.45) is 9.69. The number of nitrogens with one attached hydrogen (secondary N) is 2. The number of carboxylic acids is 1. The van der Waals surface area contributed by atoms with Crippen molar-refractivity contribution in [3.8, 4) is 0 Å². The smallest absolute Gasteiger partial charge is 0.307 e. The SMILES string of the molecule is Cl.O=C(O)[C@H]1[C@H](C(=O)Nc2ccc(Br)nc2)[C@@H]2CC[C@H]1C21CC1CCC1CCCNC1. The largest absolute Gasteiger partial charge is 0.481 e. The van der Waals surface area contributed by atoms with Crippen LogP contribution in [0.15, 0.2) is 22.9 Å². The number of hydrogen-bond acceptors (Lipinski definition) is 4. The molecule has 1 aromatic heterocycles. The molecular weight excluding hydrogens is 482 g/mol. The first-order valence-corrected chi connectivity index (χ1v) is 12.2. The molecule has 170 valence electrons. The average Bonchev–Trinajstić information content (AvgIpc) is 3.28. The summed E-state index contributed by atoms with van der Waals surface area (Å²) in [4.78, 5) is 29.6. The Labute approximate surface area is 197 Å². The van der Waals surface area contributed by atoms with E-state index >= 15 is 0 Å². The van der Waals surface area contributed by atoms with Crippen LogP contribution in [0.5, 0.6) is 0 Å². The van der Waals surface area contributed by atoms with Crippen molar-refractivity contribution >= 4 is 45.9 Å². The quantitative estimate of drug-likeness (QED) is 0.493. The van der Waals surface area contributed by atoms with Gasteiger partial charge in [-0.25, -0.2) is 4.98 Å². The van der Waals surface area contributed by atoms with Crippen molar-refractivity contribution in [3.05, 3.63) is 22.9 Å². The van der Waals surface area contributed by atoms with Crippen molar-refractivity contribution in [3.63, 3.8) is 0 Å². The van der Waals surface area contributed by atoms with Crippen LogP contribution in [0.25, 0.3) is 0 Å². The molecule has 2 heterocycles. The Hall–Kier alpha value is -1.18. The molecule has 1 aromatic rings. The van der Waals surface area contributed by atoms with E-state index in [2.05, 4.69) is 31.5 Å². The van der Waals surface area contributed by atoms with Crippen LogP contribution in [0.1, 0.15) is 44.9 Å². The highest BCUT2D eigenvalue weighted by molar-refractivity contribution is 9.10. The van der Waals surface area contributed by atoms with Crippen LogP contribution in [-0.4, -0.2) is 35.1 Å². The maximum absolute atomic E-state index is 13.2. The molecule has 0 radical (unpaired) electrons. The minimum atomic E-state index is -0.794. The van der Waals surface area contributed by atoms with Gasteiger partial charge in [0.15, 0.2) is 0 Å². The summed E-state index contributed by atoms with van der Waals surface area (Å²) in [6, 6.07) is 3.58. The Balaban J connectivity index is 0.00000231. The van der Waals surface area contributed by atoms with Gasteiger partial charge in [0.2, 0.25) is 5.91 Å². The number of aliphatic carboxylic acids is 1. The molecule has 2 bridgehead atoms. The Morgan fingerprint density at radius 3 is 2.61 bits per heavy atom. The van der Waals surface area contributed by atoms with Crippen molar-refractivity contribution < 1.29 is 14.7 Å². The van der Waals surface area contributed by atoms with E-state index < -0.39 is 17.8 Å². The maximum Gasteiger partial charge on any atom is 0.307 e. The molecular formula is C23H31BrClN3O3. The number of carbonyl (C=O) groups is 2. The maximum atomic E-state index is 13.2. The molecule has 4 fully saturated rings. The van der Waals surface area contributed by atoms with Crippen LogP contribution in [0.2, 0.25) is 0 Å². The molecule has 6 nitrogen and oxygen atoms in total. The molecule has 7 atom stereocenters. The fourth-order valence-electron chi connectivity index (χ4n) is 7.30. The van der Waals surface area contributed by atoms with Crippen LogP contribution in [0.4, 0.5) is 5.69 Å². The Morgan fingerprint density at radius 2 is 1.97 bits per heavy atom. The third kappa shape index (κ3) is 4.02. The molecule has 3 aliphatic carbocycles. The summed E-state index contributed by atoms with van der Waals surface area (Å²) in [5.74, 6) is -0.173. The predicted octanol–water partition coefficient (Wildman–Crippen LogP) is 4.35. The topological polar surface area (TPSA) is 91.3 Å². The summed E-state index contributed by atoms with van der Waals surface area (Å²) >= 11 is 3.30. The zero-order valence-electron chi connectivity index (χ0n) is 17.6. The van der Waals surface area contributed by atoms with E-state index in [1.54, 1.807) is 18.3 Å². The van der Waals surface area contributed by atoms with Gasteiger partial charge in [-0.1, -0.05) is 0 Å². The molecule has 1 amide bonds. The fraction of sp³-hybridized carbons (Fsp3) is 0.696. The lowest BCUT2D eigenvalue weighted by Crippen LogP contribution is -2.37. The normalized spacial score (nSPS) is 38.0. The number of nitrogens with zero attached hydrogens (tertiary/aromatic N) is 1. The Morgan fingerprint density at radius 1 is 1.19 bits per heavy atom. The highest BCUT2D eigenvalue weighted by atomic mass is 79.9.